The number of carbonyl (C=O) groups excluding carboxylic acids is 1. The van der Waals surface area contributed by atoms with Gasteiger partial charge in [-0.25, -0.2) is 0 Å². The third-order valence-electron chi connectivity index (χ3n) is 3.46. The van der Waals surface area contributed by atoms with Crippen molar-refractivity contribution in [2.75, 3.05) is 7.11 Å². The number of nitrogens with two attached hydrogens (primary N) is 1. The van der Waals surface area contributed by atoms with Crippen molar-refractivity contribution in [3.8, 4) is 0 Å². The molecule has 2 N–H and O–H groups in total. The standard InChI is InChI=1S/C9H15NO2.ClH/c1-12-8(11)9(10)5-6-2-3-7(9)4-6;/h6-7H,2-5,10H2,1H3;1H/t6-,7+,9-;/m1./s1. The molecule has 0 aliphatic heterocycles. The molecule has 76 valence electrons. The second-order valence-electron chi connectivity index (χ2n) is 4.11. The van der Waals surface area contributed by atoms with E-state index in [9.17, 15) is 4.79 Å². The Bertz CT molecular complexity index is 222. The summed E-state index contributed by atoms with van der Waals surface area (Å²) >= 11 is 0. The van der Waals surface area contributed by atoms with E-state index in [0.29, 0.717) is 11.8 Å². The van der Waals surface area contributed by atoms with Crippen LogP contribution in [0.5, 0.6) is 0 Å². The van der Waals surface area contributed by atoms with Gasteiger partial charge in [0.2, 0.25) is 0 Å². The molecule has 2 aliphatic rings. The Hall–Kier alpha value is -0.280. The lowest BCUT2D eigenvalue weighted by Crippen LogP contribution is -2.52. The normalized spacial score (nSPS) is 41.4. The summed E-state index contributed by atoms with van der Waals surface area (Å²) in [7, 11) is 1.42. The lowest BCUT2D eigenvalue weighted by atomic mass is 9.82. The third kappa shape index (κ3) is 1.44. The van der Waals surface area contributed by atoms with Gasteiger partial charge in [0.05, 0.1) is 7.11 Å². The summed E-state index contributed by atoms with van der Waals surface area (Å²) in [6, 6.07) is 0. The van der Waals surface area contributed by atoms with E-state index in [4.69, 9.17) is 10.5 Å². The molecule has 0 heterocycles. The number of rotatable bonds is 1. The highest BCUT2D eigenvalue weighted by Crippen LogP contribution is 2.49. The van der Waals surface area contributed by atoms with Crippen molar-refractivity contribution < 1.29 is 9.53 Å². The zero-order valence-corrected chi connectivity index (χ0v) is 8.60. The van der Waals surface area contributed by atoms with E-state index in [1.54, 1.807) is 0 Å². The molecule has 0 aromatic heterocycles. The van der Waals surface area contributed by atoms with Gasteiger partial charge in [0.1, 0.15) is 5.54 Å². The topological polar surface area (TPSA) is 52.3 Å². The maximum Gasteiger partial charge on any atom is 0.326 e. The molecule has 13 heavy (non-hydrogen) atoms. The van der Waals surface area contributed by atoms with Crippen LogP contribution in [0.3, 0.4) is 0 Å². The molecule has 3 nitrogen and oxygen atoms in total. The average molecular weight is 206 g/mol. The first-order chi connectivity index (χ1) is 5.66. The van der Waals surface area contributed by atoms with Crippen LogP contribution in [0, 0.1) is 11.8 Å². The molecule has 2 rings (SSSR count). The van der Waals surface area contributed by atoms with Gasteiger partial charge in [-0.15, -0.1) is 12.4 Å². The molecule has 4 heteroatoms. The van der Waals surface area contributed by atoms with E-state index in [1.807, 2.05) is 0 Å². The maximum absolute atomic E-state index is 11.4. The van der Waals surface area contributed by atoms with Crippen LogP contribution in [0.15, 0.2) is 0 Å². The smallest absolute Gasteiger partial charge is 0.326 e. The molecule has 0 aromatic rings. The van der Waals surface area contributed by atoms with E-state index < -0.39 is 5.54 Å². The Morgan fingerprint density at radius 2 is 2.23 bits per heavy atom. The first-order valence-corrected chi connectivity index (χ1v) is 4.54. The summed E-state index contributed by atoms with van der Waals surface area (Å²) in [6.07, 6.45) is 4.33. The van der Waals surface area contributed by atoms with Crippen molar-refractivity contribution in [1.29, 1.82) is 0 Å². The number of fused-ring (bicyclic) bond motifs is 2. The summed E-state index contributed by atoms with van der Waals surface area (Å²) in [5.74, 6) is 0.851. The fourth-order valence-corrected chi connectivity index (χ4v) is 2.81. The van der Waals surface area contributed by atoms with Crippen molar-refractivity contribution >= 4 is 18.4 Å². The second kappa shape index (κ2) is 3.46. The van der Waals surface area contributed by atoms with Gasteiger partial charge in [-0.1, -0.05) is 6.42 Å². The van der Waals surface area contributed by atoms with Gasteiger partial charge in [-0.3, -0.25) is 4.79 Å². The molecule has 0 radical (unpaired) electrons. The van der Waals surface area contributed by atoms with Crippen LogP contribution in [0.4, 0.5) is 0 Å². The zero-order valence-electron chi connectivity index (χ0n) is 7.79. The quantitative estimate of drug-likeness (QED) is 0.653. The van der Waals surface area contributed by atoms with Crippen LogP contribution in [-0.4, -0.2) is 18.6 Å². The van der Waals surface area contributed by atoms with E-state index in [1.165, 1.54) is 13.5 Å². The number of methoxy groups -OCH3 is 1. The van der Waals surface area contributed by atoms with Crippen molar-refractivity contribution in [3.05, 3.63) is 0 Å². The minimum absolute atomic E-state index is 0. The molecular weight excluding hydrogens is 190 g/mol. The molecule has 0 saturated heterocycles. The minimum Gasteiger partial charge on any atom is -0.468 e. The lowest BCUT2D eigenvalue weighted by Gasteiger charge is -2.30. The summed E-state index contributed by atoms with van der Waals surface area (Å²) in [5, 5.41) is 0. The molecule has 2 bridgehead atoms. The minimum atomic E-state index is -0.641. The predicted octanol–water partition coefficient (Wildman–Crippen LogP) is 1.10. The number of halogens is 1. The molecule has 0 aromatic carbocycles. The first kappa shape index (κ1) is 10.8. The van der Waals surface area contributed by atoms with Gasteiger partial charge < -0.3 is 10.5 Å². The van der Waals surface area contributed by atoms with Crippen LogP contribution in [0.1, 0.15) is 25.7 Å². The van der Waals surface area contributed by atoms with Gasteiger partial charge in [0.25, 0.3) is 0 Å². The van der Waals surface area contributed by atoms with E-state index >= 15 is 0 Å². The van der Waals surface area contributed by atoms with Crippen LogP contribution >= 0.6 is 12.4 Å². The summed E-state index contributed by atoms with van der Waals surface area (Å²) in [4.78, 5) is 11.4. The predicted molar refractivity (Wildman–Crippen MR) is 51.6 cm³/mol. The molecule has 2 saturated carbocycles. The number of esters is 1. The Labute approximate surface area is 84.4 Å². The van der Waals surface area contributed by atoms with Crippen molar-refractivity contribution in [1.82, 2.24) is 0 Å². The molecule has 0 spiro atoms. The van der Waals surface area contributed by atoms with Gasteiger partial charge in [0, 0.05) is 0 Å². The number of ether oxygens (including phenoxy) is 1. The molecule has 0 unspecified atom stereocenters. The van der Waals surface area contributed by atoms with E-state index in [2.05, 4.69) is 0 Å². The fourth-order valence-electron chi connectivity index (χ4n) is 2.81. The highest BCUT2D eigenvalue weighted by atomic mass is 35.5. The fraction of sp³-hybridized carbons (Fsp3) is 0.889. The van der Waals surface area contributed by atoms with E-state index in [0.717, 1.165) is 19.3 Å². The van der Waals surface area contributed by atoms with Gasteiger partial charge in [0.15, 0.2) is 0 Å². The van der Waals surface area contributed by atoms with Gasteiger partial charge in [-0.2, -0.15) is 0 Å². The Morgan fingerprint density at radius 3 is 2.62 bits per heavy atom. The summed E-state index contributed by atoms with van der Waals surface area (Å²) < 4.78 is 4.73. The monoisotopic (exact) mass is 205 g/mol. The van der Waals surface area contributed by atoms with Crippen molar-refractivity contribution in [2.24, 2.45) is 17.6 Å². The number of carbonyl (C=O) groups is 1. The van der Waals surface area contributed by atoms with Crippen LogP contribution in [0.25, 0.3) is 0 Å². The largest absolute Gasteiger partial charge is 0.468 e. The molecule has 2 fully saturated rings. The van der Waals surface area contributed by atoms with Crippen molar-refractivity contribution in [3.63, 3.8) is 0 Å². The Balaban J connectivity index is 0.000000845. The number of hydrogen-bond acceptors (Lipinski definition) is 3. The molecule has 0 amide bonds. The summed E-state index contributed by atoms with van der Waals surface area (Å²) in [5.41, 5.74) is 5.38. The van der Waals surface area contributed by atoms with Gasteiger partial charge >= 0.3 is 5.97 Å². The maximum atomic E-state index is 11.4. The van der Waals surface area contributed by atoms with E-state index in [-0.39, 0.29) is 18.4 Å². The summed E-state index contributed by atoms with van der Waals surface area (Å²) in [6.45, 7) is 0. The Morgan fingerprint density at radius 1 is 1.54 bits per heavy atom. The van der Waals surface area contributed by atoms with Crippen LogP contribution in [0.2, 0.25) is 0 Å². The lowest BCUT2D eigenvalue weighted by molar-refractivity contribution is -0.149. The second-order valence-corrected chi connectivity index (χ2v) is 4.11. The number of hydrogen-bond donors (Lipinski definition) is 1. The highest BCUT2D eigenvalue weighted by Gasteiger charge is 2.53. The first-order valence-electron chi connectivity index (χ1n) is 4.54. The Kier molecular flexibility index (Phi) is 2.88. The third-order valence-corrected chi connectivity index (χ3v) is 3.46. The molecule has 3 atom stereocenters. The SMILES string of the molecule is COC(=O)[C@@]1(N)C[C@@H]2CC[C@H]1C2.Cl. The molecule has 2 aliphatic carbocycles. The molecular formula is C9H16ClNO2. The van der Waals surface area contributed by atoms with Crippen molar-refractivity contribution in [2.45, 2.75) is 31.2 Å². The van der Waals surface area contributed by atoms with Gasteiger partial charge in [-0.05, 0) is 31.1 Å². The van der Waals surface area contributed by atoms with Crippen LogP contribution in [-0.2, 0) is 9.53 Å². The average Bonchev–Trinajstić information content (AvgIpc) is 2.62. The van der Waals surface area contributed by atoms with Crippen LogP contribution < -0.4 is 5.73 Å². The zero-order chi connectivity index (χ0) is 8.77. The highest BCUT2D eigenvalue weighted by molar-refractivity contribution is 5.85.